The second kappa shape index (κ2) is 4.91. The average Bonchev–Trinajstić information content (AvgIpc) is 2.87. The number of nitrogens with zero attached hydrogens (tertiary/aromatic N) is 1. The van der Waals surface area contributed by atoms with E-state index in [1.54, 1.807) is 0 Å². The number of rotatable bonds is 3. The Morgan fingerprint density at radius 3 is 2.68 bits per heavy atom. The lowest BCUT2D eigenvalue weighted by atomic mass is 9.77. The van der Waals surface area contributed by atoms with Crippen LogP contribution in [0.4, 0.5) is 0 Å². The Morgan fingerprint density at radius 2 is 1.95 bits per heavy atom. The predicted octanol–water partition coefficient (Wildman–Crippen LogP) is 3.32. The average molecular weight is 255 g/mol. The molecule has 1 aromatic carbocycles. The van der Waals surface area contributed by atoms with E-state index < -0.39 is 0 Å². The molecular formula is C16H21N3. The molecule has 1 aromatic heterocycles. The van der Waals surface area contributed by atoms with Crippen molar-refractivity contribution in [1.29, 1.82) is 0 Å². The number of fused-ring (bicyclic) bond motifs is 1. The quantitative estimate of drug-likeness (QED) is 0.653. The third kappa shape index (κ3) is 2.13. The Labute approximate surface area is 114 Å². The number of hydrazine groups is 1. The van der Waals surface area contributed by atoms with Gasteiger partial charge in [-0.1, -0.05) is 44.0 Å². The van der Waals surface area contributed by atoms with E-state index in [-0.39, 0.29) is 11.5 Å². The number of hydrogen-bond donors (Lipinski definition) is 2. The standard InChI is InChI=1S/C16H21N3/c1-16(9-2-3-10-16)15(19-17)13-8-4-6-12-7-5-11-18-14(12)13/h4-8,11,15,19H,2-3,9-10,17H2,1H3. The van der Waals surface area contributed by atoms with Crippen molar-refractivity contribution in [1.82, 2.24) is 10.4 Å². The largest absolute Gasteiger partial charge is 0.271 e. The smallest absolute Gasteiger partial charge is 0.0750 e. The van der Waals surface area contributed by atoms with Crippen LogP contribution in [0.25, 0.3) is 10.9 Å². The number of para-hydroxylation sites is 1. The van der Waals surface area contributed by atoms with Gasteiger partial charge in [0.05, 0.1) is 11.6 Å². The summed E-state index contributed by atoms with van der Waals surface area (Å²) in [6, 6.07) is 10.6. The molecule has 19 heavy (non-hydrogen) atoms. The number of hydrogen-bond acceptors (Lipinski definition) is 3. The molecule has 0 bridgehead atoms. The maximum absolute atomic E-state index is 5.88. The topological polar surface area (TPSA) is 50.9 Å². The van der Waals surface area contributed by atoms with Gasteiger partial charge in [0.2, 0.25) is 0 Å². The maximum atomic E-state index is 5.88. The van der Waals surface area contributed by atoms with Crippen LogP contribution >= 0.6 is 0 Å². The summed E-state index contributed by atoms with van der Waals surface area (Å²) in [5.74, 6) is 5.88. The van der Waals surface area contributed by atoms with Crippen LogP contribution in [0.3, 0.4) is 0 Å². The Hall–Kier alpha value is -1.45. The Bertz CT molecular complexity index is 568. The van der Waals surface area contributed by atoms with Gasteiger partial charge in [-0.05, 0) is 29.9 Å². The number of pyridine rings is 1. The summed E-state index contributed by atoms with van der Waals surface area (Å²) < 4.78 is 0. The van der Waals surface area contributed by atoms with Gasteiger partial charge in [0.15, 0.2) is 0 Å². The van der Waals surface area contributed by atoms with Crippen LogP contribution in [0.15, 0.2) is 36.5 Å². The number of aromatic nitrogens is 1. The zero-order valence-corrected chi connectivity index (χ0v) is 11.4. The zero-order valence-electron chi connectivity index (χ0n) is 11.4. The summed E-state index contributed by atoms with van der Waals surface area (Å²) in [5, 5.41) is 1.18. The second-order valence-electron chi connectivity index (χ2n) is 5.88. The monoisotopic (exact) mass is 255 g/mol. The van der Waals surface area contributed by atoms with E-state index >= 15 is 0 Å². The molecule has 0 spiro atoms. The van der Waals surface area contributed by atoms with Gasteiger partial charge in [-0.15, -0.1) is 0 Å². The van der Waals surface area contributed by atoms with Crippen molar-refractivity contribution in [2.24, 2.45) is 11.3 Å². The first-order chi connectivity index (χ1) is 9.24. The highest BCUT2D eigenvalue weighted by molar-refractivity contribution is 5.82. The first-order valence-corrected chi connectivity index (χ1v) is 7.04. The number of nitrogens with one attached hydrogen (secondary N) is 1. The van der Waals surface area contributed by atoms with Crippen LogP contribution in [-0.4, -0.2) is 4.98 Å². The van der Waals surface area contributed by atoms with Crippen molar-refractivity contribution in [2.45, 2.75) is 38.6 Å². The van der Waals surface area contributed by atoms with E-state index in [9.17, 15) is 0 Å². The molecule has 1 atom stereocenters. The van der Waals surface area contributed by atoms with Gasteiger partial charge in [-0.3, -0.25) is 16.3 Å². The Balaban J connectivity index is 2.11. The highest BCUT2D eigenvalue weighted by Crippen LogP contribution is 2.47. The summed E-state index contributed by atoms with van der Waals surface area (Å²) in [6.45, 7) is 2.34. The van der Waals surface area contributed by atoms with E-state index in [0.29, 0.717) is 0 Å². The molecule has 0 amide bonds. The van der Waals surface area contributed by atoms with Gasteiger partial charge in [0.25, 0.3) is 0 Å². The van der Waals surface area contributed by atoms with Crippen molar-refractivity contribution in [3.63, 3.8) is 0 Å². The molecule has 100 valence electrons. The van der Waals surface area contributed by atoms with Crippen molar-refractivity contribution in [3.05, 3.63) is 42.1 Å². The number of benzene rings is 1. The minimum absolute atomic E-state index is 0.175. The van der Waals surface area contributed by atoms with Gasteiger partial charge in [0.1, 0.15) is 0 Å². The fraction of sp³-hybridized carbons (Fsp3) is 0.438. The molecule has 1 aliphatic carbocycles. The highest BCUT2D eigenvalue weighted by atomic mass is 15.2. The summed E-state index contributed by atoms with van der Waals surface area (Å²) >= 11 is 0. The normalized spacial score (nSPS) is 19.7. The molecule has 0 saturated heterocycles. The fourth-order valence-corrected chi connectivity index (χ4v) is 3.50. The van der Waals surface area contributed by atoms with Gasteiger partial charge >= 0.3 is 0 Å². The molecule has 3 nitrogen and oxygen atoms in total. The van der Waals surface area contributed by atoms with Crippen LogP contribution in [0, 0.1) is 5.41 Å². The van der Waals surface area contributed by atoms with Gasteiger partial charge in [0, 0.05) is 11.6 Å². The summed E-state index contributed by atoms with van der Waals surface area (Å²) in [7, 11) is 0. The maximum Gasteiger partial charge on any atom is 0.0750 e. The SMILES string of the molecule is CC1(C(NN)c2cccc3cccnc23)CCCC1. The van der Waals surface area contributed by atoms with Gasteiger partial charge < -0.3 is 0 Å². The molecule has 0 aliphatic heterocycles. The lowest BCUT2D eigenvalue weighted by molar-refractivity contribution is 0.226. The third-order valence-corrected chi connectivity index (χ3v) is 4.58. The van der Waals surface area contributed by atoms with Gasteiger partial charge in [-0.25, -0.2) is 0 Å². The molecule has 1 unspecified atom stereocenters. The van der Waals surface area contributed by atoms with Crippen molar-refractivity contribution < 1.29 is 0 Å². The molecule has 1 fully saturated rings. The summed E-state index contributed by atoms with van der Waals surface area (Å²) in [5.41, 5.74) is 5.59. The van der Waals surface area contributed by atoms with E-state index in [0.717, 1.165) is 5.52 Å². The predicted molar refractivity (Wildman–Crippen MR) is 78.4 cm³/mol. The van der Waals surface area contributed by atoms with E-state index in [2.05, 4.69) is 41.6 Å². The lowest BCUT2D eigenvalue weighted by Crippen LogP contribution is -2.38. The summed E-state index contributed by atoms with van der Waals surface area (Å²) in [6.07, 6.45) is 6.91. The Kier molecular flexibility index (Phi) is 3.25. The molecule has 0 radical (unpaired) electrons. The van der Waals surface area contributed by atoms with E-state index in [4.69, 9.17) is 5.84 Å². The zero-order chi connectivity index (χ0) is 13.3. The molecule has 1 saturated carbocycles. The minimum atomic E-state index is 0.175. The molecule has 2 aromatic rings. The van der Waals surface area contributed by atoms with Gasteiger partial charge in [-0.2, -0.15) is 0 Å². The van der Waals surface area contributed by atoms with Crippen LogP contribution in [0.2, 0.25) is 0 Å². The molecule has 1 aliphatic rings. The van der Waals surface area contributed by atoms with Crippen molar-refractivity contribution in [2.75, 3.05) is 0 Å². The van der Waals surface area contributed by atoms with Crippen LogP contribution < -0.4 is 11.3 Å². The second-order valence-corrected chi connectivity index (χ2v) is 5.88. The minimum Gasteiger partial charge on any atom is -0.271 e. The molecule has 3 N–H and O–H groups in total. The first kappa shape index (κ1) is 12.6. The van der Waals surface area contributed by atoms with Crippen molar-refractivity contribution in [3.8, 4) is 0 Å². The molecule has 3 rings (SSSR count). The Morgan fingerprint density at radius 1 is 1.21 bits per heavy atom. The first-order valence-electron chi connectivity index (χ1n) is 7.04. The van der Waals surface area contributed by atoms with Crippen LogP contribution in [0.1, 0.15) is 44.2 Å². The van der Waals surface area contributed by atoms with Crippen LogP contribution in [-0.2, 0) is 0 Å². The van der Waals surface area contributed by atoms with E-state index in [1.165, 1.54) is 36.6 Å². The molecular weight excluding hydrogens is 234 g/mol. The fourth-order valence-electron chi connectivity index (χ4n) is 3.50. The lowest BCUT2D eigenvalue weighted by Gasteiger charge is -2.34. The van der Waals surface area contributed by atoms with Crippen LogP contribution in [0.5, 0.6) is 0 Å². The highest BCUT2D eigenvalue weighted by Gasteiger charge is 2.38. The van der Waals surface area contributed by atoms with E-state index in [1.807, 2.05) is 12.3 Å². The molecule has 3 heteroatoms. The number of nitrogens with two attached hydrogens (primary N) is 1. The molecule has 1 heterocycles. The summed E-state index contributed by atoms with van der Waals surface area (Å²) in [4.78, 5) is 4.56. The third-order valence-electron chi connectivity index (χ3n) is 4.58. The van der Waals surface area contributed by atoms with Crippen molar-refractivity contribution >= 4 is 10.9 Å².